The van der Waals surface area contributed by atoms with Crippen LogP contribution in [0, 0.1) is 0 Å². The molecule has 3 aromatic rings. The second-order valence-corrected chi connectivity index (χ2v) is 10.2. The third kappa shape index (κ3) is 3.45. The molecule has 2 aliphatic heterocycles. The third-order valence-corrected chi connectivity index (χ3v) is 7.38. The fourth-order valence-electron chi connectivity index (χ4n) is 5.54. The van der Waals surface area contributed by atoms with Crippen molar-refractivity contribution < 1.29 is 0 Å². The van der Waals surface area contributed by atoms with E-state index >= 15 is 0 Å². The van der Waals surface area contributed by atoms with Gasteiger partial charge in [0.2, 0.25) is 11.4 Å². The fraction of sp³-hybridized carbons (Fsp3) is 0.219. The fourth-order valence-corrected chi connectivity index (χ4v) is 5.54. The van der Waals surface area contributed by atoms with Gasteiger partial charge >= 0.3 is 0 Å². The van der Waals surface area contributed by atoms with Crippen LogP contribution < -0.4 is 9.48 Å². The minimum absolute atomic E-state index is 0.00660. The SMILES string of the molecule is CN1/C(=C/C=C/C=C/C2=[N+](c3ccccc3)c3ccccc3C2(C)C)C(C)(C)c2ccccc21. The predicted molar refractivity (Wildman–Crippen MR) is 147 cm³/mol. The molecule has 0 atom stereocenters. The van der Waals surface area contributed by atoms with Crippen molar-refractivity contribution >= 4 is 22.8 Å². The van der Waals surface area contributed by atoms with Crippen LogP contribution >= 0.6 is 0 Å². The number of allylic oxidation sites excluding steroid dienone is 6. The molecule has 0 unspecified atom stereocenters. The van der Waals surface area contributed by atoms with Gasteiger partial charge in [-0.1, -0.05) is 86.7 Å². The van der Waals surface area contributed by atoms with E-state index in [9.17, 15) is 0 Å². The highest BCUT2D eigenvalue weighted by Gasteiger charge is 2.45. The number of likely N-dealkylation sites (N-methyl/N-ethyl adjacent to an activating group) is 1. The van der Waals surface area contributed by atoms with Crippen molar-refractivity contribution in [2.75, 3.05) is 11.9 Å². The van der Waals surface area contributed by atoms with Crippen LogP contribution in [-0.2, 0) is 10.8 Å². The second-order valence-electron chi connectivity index (χ2n) is 10.2. The van der Waals surface area contributed by atoms with E-state index in [1.807, 2.05) is 0 Å². The first-order valence-electron chi connectivity index (χ1n) is 12.0. The van der Waals surface area contributed by atoms with Crippen molar-refractivity contribution in [1.82, 2.24) is 4.58 Å². The standard InChI is InChI=1S/C32H33N2/c1-31(2)25-18-12-14-20-27(25)33(5)29(31)22-10-7-11-23-30-32(3,4)26-19-13-15-21-28(26)34(30)24-16-8-6-9-17-24/h6-23H,1-5H3/q+1. The van der Waals surface area contributed by atoms with Gasteiger partial charge in [-0.25, -0.2) is 0 Å². The number of para-hydroxylation sites is 3. The summed E-state index contributed by atoms with van der Waals surface area (Å²) in [6.45, 7) is 9.23. The van der Waals surface area contributed by atoms with E-state index in [1.165, 1.54) is 39.6 Å². The van der Waals surface area contributed by atoms with Gasteiger partial charge in [-0.15, -0.1) is 0 Å². The first kappa shape index (κ1) is 22.2. The zero-order valence-corrected chi connectivity index (χ0v) is 20.8. The number of hydrogen-bond donors (Lipinski definition) is 0. The molecule has 2 heterocycles. The molecule has 170 valence electrons. The molecule has 0 N–H and O–H groups in total. The molecule has 0 spiro atoms. The van der Waals surface area contributed by atoms with Gasteiger partial charge in [0, 0.05) is 53.7 Å². The maximum Gasteiger partial charge on any atom is 0.215 e. The van der Waals surface area contributed by atoms with Gasteiger partial charge in [0.15, 0.2) is 5.71 Å². The molecule has 3 aromatic carbocycles. The average Bonchev–Trinajstić information content (AvgIpc) is 3.19. The van der Waals surface area contributed by atoms with E-state index < -0.39 is 0 Å². The molecule has 5 rings (SSSR count). The molecule has 0 amide bonds. The zero-order chi connectivity index (χ0) is 23.9. The molecular weight excluding hydrogens is 412 g/mol. The lowest BCUT2D eigenvalue weighted by atomic mass is 9.81. The van der Waals surface area contributed by atoms with Gasteiger partial charge in [0.1, 0.15) is 0 Å². The molecule has 34 heavy (non-hydrogen) atoms. The lowest BCUT2D eigenvalue weighted by Crippen LogP contribution is -2.27. The Balaban J connectivity index is 1.48. The van der Waals surface area contributed by atoms with Crippen LogP contribution in [0.5, 0.6) is 0 Å². The minimum Gasteiger partial charge on any atom is -0.347 e. The highest BCUT2D eigenvalue weighted by molar-refractivity contribution is 6.10. The summed E-state index contributed by atoms with van der Waals surface area (Å²) >= 11 is 0. The first-order chi connectivity index (χ1) is 16.3. The summed E-state index contributed by atoms with van der Waals surface area (Å²) in [6.07, 6.45) is 11.0. The Kier molecular flexibility index (Phi) is 5.40. The van der Waals surface area contributed by atoms with Crippen LogP contribution in [0.25, 0.3) is 0 Å². The molecule has 0 aliphatic carbocycles. The lowest BCUT2D eigenvalue weighted by Gasteiger charge is -2.23. The maximum atomic E-state index is 2.39. The Labute approximate surface area is 203 Å². The Bertz CT molecular complexity index is 1350. The number of nitrogens with zero attached hydrogens (tertiary/aromatic N) is 2. The molecule has 0 saturated heterocycles. The molecule has 2 heteroatoms. The third-order valence-electron chi connectivity index (χ3n) is 7.38. The van der Waals surface area contributed by atoms with E-state index in [-0.39, 0.29) is 10.8 Å². The van der Waals surface area contributed by atoms with Gasteiger partial charge < -0.3 is 4.90 Å². The Morgan fingerprint density at radius 2 is 1.32 bits per heavy atom. The minimum atomic E-state index is -0.0788. The summed E-state index contributed by atoms with van der Waals surface area (Å²) in [7, 11) is 2.16. The van der Waals surface area contributed by atoms with Crippen molar-refractivity contribution in [2.24, 2.45) is 0 Å². The van der Waals surface area contributed by atoms with E-state index in [0.717, 1.165) is 0 Å². The summed E-state index contributed by atoms with van der Waals surface area (Å²) in [5, 5.41) is 0. The molecule has 0 radical (unpaired) electrons. The smallest absolute Gasteiger partial charge is 0.215 e. The van der Waals surface area contributed by atoms with E-state index in [2.05, 4.69) is 153 Å². The number of hydrogen-bond acceptors (Lipinski definition) is 1. The van der Waals surface area contributed by atoms with E-state index in [1.54, 1.807) is 0 Å². The van der Waals surface area contributed by atoms with Crippen LogP contribution in [0.1, 0.15) is 38.8 Å². The summed E-state index contributed by atoms with van der Waals surface area (Å²) in [6, 6.07) is 28.1. The topological polar surface area (TPSA) is 6.25 Å². The van der Waals surface area contributed by atoms with Crippen LogP contribution in [0.4, 0.5) is 17.1 Å². The number of fused-ring (bicyclic) bond motifs is 2. The Morgan fingerprint density at radius 3 is 2.06 bits per heavy atom. The van der Waals surface area contributed by atoms with Crippen molar-refractivity contribution in [3.63, 3.8) is 0 Å². The summed E-state index contributed by atoms with van der Waals surface area (Å²) in [4.78, 5) is 2.31. The highest BCUT2D eigenvalue weighted by Crippen LogP contribution is 2.46. The van der Waals surface area contributed by atoms with Crippen molar-refractivity contribution in [2.45, 2.75) is 38.5 Å². The largest absolute Gasteiger partial charge is 0.347 e. The summed E-state index contributed by atoms with van der Waals surface area (Å²) < 4.78 is 2.39. The van der Waals surface area contributed by atoms with Crippen molar-refractivity contribution in [1.29, 1.82) is 0 Å². The number of rotatable bonds is 4. The molecule has 2 aliphatic rings. The van der Waals surface area contributed by atoms with Crippen LogP contribution in [0.2, 0.25) is 0 Å². The zero-order valence-electron chi connectivity index (χ0n) is 20.8. The average molecular weight is 446 g/mol. The Hall–Kier alpha value is -3.65. The van der Waals surface area contributed by atoms with Crippen LogP contribution in [-0.4, -0.2) is 12.8 Å². The lowest BCUT2D eigenvalue weighted by molar-refractivity contribution is 0.640. The molecular formula is C32H33N2+. The van der Waals surface area contributed by atoms with Crippen molar-refractivity contribution in [3.8, 4) is 0 Å². The Morgan fingerprint density at radius 1 is 0.676 bits per heavy atom. The number of anilines is 1. The summed E-state index contributed by atoms with van der Waals surface area (Å²) in [5.41, 5.74) is 8.99. The van der Waals surface area contributed by atoms with E-state index in [4.69, 9.17) is 0 Å². The summed E-state index contributed by atoms with van der Waals surface area (Å²) in [5.74, 6) is 0. The first-order valence-corrected chi connectivity index (χ1v) is 12.0. The van der Waals surface area contributed by atoms with Crippen LogP contribution in [0.15, 0.2) is 115 Å². The molecule has 0 saturated carbocycles. The van der Waals surface area contributed by atoms with Gasteiger partial charge in [0.25, 0.3) is 0 Å². The van der Waals surface area contributed by atoms with E-state index in [0.29, 0.717) is 0 Å². The van der Waals surface area contributed by atoms with Gasteiger partial charge in [-0.05, 0) is 31.6 Å². The monoisotopic (exact) mass is 445 g/mol. The van der Waals surface area contributed by atoms with Crippen molar-refractivity contribution in [3.05, 3.63) is 126 Å². The maximum absolute atomic E-state index is 2.39. The quantitative estimate of drug-likeness (QED) is 0.295. The highest BCUT2D eigenvalue weighted by atomic mass is 15.2. The molecule has 0 bridgehead atoms. The molecule has 0 aromatic heterocycles. The molecule has 2 nitrogen and oxygen atoms in total. The van der Waals surface area contributed by atoms with Gasteiger partial charge in [-0.2, -0.15) is 4.58 Å². The predicted octanol–water partition coefficient (Wildman–Crippen LogP) is 7.68. The second kappa shape index (κ2) is 8.29. The van der Waals surface area contributed by atoms with Crippen LogP contribution in [0.3, 0.4) is 0 Å². The normalized spacial score (nSPS) is 19.4. The van der Waals surface area contributed by atoms with Gasteiger partial charge in [-0.3, -0.25) is 0 Å². The molecule has 0 fully saturated rings. The van der Waals surface area contributed by atoms with Gasteiger partial charge in [0.05, 0.1) is 5.41 Å². The number of benzene rings is 3.